The van der Waals surface area contributed by atoms with E-state index in [1.54, 1.807) is 32.6 Å². The first kappa shape index (κ1) is 32.6. The Morgan fingerprint density at radius 1 is 1.05 bits per heavy atom. The number of morpholine rings is 1. The minimum atomic E-state index is -0.713. The molecule has 232 valence electrons. The molecule has 3 aliphatic rings. The van der Waals surface area contributed by atoms with Gasteiger partial charge in [-0.1, -0.05) is 6.08 Å². The van der Waals surface area contributed by atoms with Crippen LogP contribution in [0.1, 0.15) is 53.9 Å². The second kappa shape index (κ2) is 15.4. The molecule has 2 heterocycles. The molecule has 2 aliphatic heterocycles. The summed E-state index contributed by atoms with van der Waals surface area (Å²) in [5.41, 5.74) is -0.285. The molecule has 13 heteroatoms. The van der Waals surface area contributed by atoms with Gasteiger partial charge in [-0.2, -0.15) is 0 Å². The molecule has 0 aromatic rings. The van der Waals surface area contributed by atoms with E-state index in [-0.39, 0.29) is 44.3 Å². The number of carbonyl (C=O) groups is 4. The van der Waals surface area contributed by atoms with Crippen LogP contribution < -0.4 is 10.6 Å². The monoisotopic (exact) mass is 582 g/mol. The van der Waals surface area contributed by atoms with Crippen LogP contribution in [0.15, 0.2) is 11.6 Å². The van der Waals surface area contributed by atoms with Crippen molar-refractivity contribution in [1.29, 1.82) is 0 Å². The number of hydrogen-bond acceptors (Lipinski definition) is 10. The molecule has 13 nitrogen and oxygen atoms in total. The first-order chi connectivity index (χ1) is 19.5. The molecular weight excluding hydrogens is 536 g/mol. The van der Waals surface area contributed by atoms with E-state index in [0.29, 0.717) is 45.0 Å². The van der Waals surface area contributed by atoms with Crippen molar-refractivity contribution < 1.29 is 42.9 Å². The van der Waals surface area contributed by atoms with Crippen LogP contribution in [0, 0.1) is 0 Å². The lowest BCUT2D eigenvalue weighted by atomic mass is 9.84. The fraction of sp³-hybridized carbons (Fsp3) is 0.786. The van der Waals surface area contributed by atoms with Gasteiger partial charge in [-0.05, 0) is 47.1 Å². The predicted octanol–water partition coefficient (Wildman–Crippen LogP) is 1.60. The average molecular weight is 583 g/mol. The normalized spacial score (nSPS) is 25.5. The molecule has 0 spiro atoms. The molecule has 0 unspecified atom stereocenters. The van der Waals surface area contributed by atoms with Gasteiger partial charge < -0.3 is 39.2 Å². The lowest BCUT2D eigenvalue weighted by molar-refractivity contribution is -0.139. The summed E-state index contributed by atoms with van der Waals surface area (Å²) < 4.78 is 27.4. The lowest BCUT2D eigenvalue weighted by Gasteiger charge is -2.45. The van der Waals surface area contributed by atoms with E-state index in [2.05, 4.69) is 15.5 Å². The fourth-order valence-electron chi connectivity index (χ4n) is 5.26. The highest BCUT2D eigenvalue weighted by Crippen LogP contribution is 2.28. The summed E-state index contributed by atoms with van der Waals surface area (Å²) in [6, 6.07) is -1.53. The minimum absolute atomic E-state index is 0.137. The largest absolute Gasteiger partial charge is 0.463 e. The first-order valence-electron chi connectivity index (χ1n) is 14.5. The molecule has 4 atom stereocenters. The molecule has 41 heavy (non-hydrogen) atoms. The van der Waals surface area contributed by atoms with Gasteiger partial charge in [0.25, 0.3) is 0 Å². The Kier molecular flexibility index (Phi) is 12.2. The number of alkyl carbamates (subject to hydrolysis) is 1. The van der Waals surface area contributed by atoms with Gasteiger partial charge in [-0.15, -0.1) is 0 Å². The molecule has 0 bridgehead atoms. The van der Waals surface area contributed by atoms with Crippen LogP contribution in [0.2, 0.25) is 0 Å². The molecule has 2 fully saturated rings. The molecule has 0 aromatic heterocycles. The zero-order valence-electron chi connectivity index (χ0n) is 24.9. The van der Waals surface area contributed by atoms with Crippen LogP contribution in [0.25, 0.3) is 0 Å². The van der Waals surface area contributed by atoms with E-state index in [1.807, 2.05) is 6.08 Å². The number of rotatable bonds is 9. The van der Waals surface area contributed by atoms with Crippen LogP contribution in [-0.2, 0) is 33.3 Å². The zero-order valence-corrected chi connectivity index (χ0v) is 24.9. The van der Waals surface area contributed by atoms with Gasteiger partial charge in [-0.25, -0.2) is 14.4 Å². The number of amides is 3. The predicted molar refractivity (Wildman–Crippen MR) is 148 cm³/mol. The molecular formula is C28H46N4O9. The third-order valence-electron chi connectivity index (χ3n) is 6.99. The number of likely N-dealkylation sites (tertiary alicyclic amines) is 1. The Balaban J connectivity index is 1.68. The van der Waals surface area contributed by atoms with Gasteiger partial charge >= 0.3 is 18.2 Å². The maximum absolute atomic E-state index is 12.8. The standard InChI is InChI=1S/C28H46N4O9/c1-6-38-25(34)20-16-22(30-26(35)41-28(3,4)5)24(29-19(2)33)23(17-20)32-9-7-8-21(18-32)39-14-15-40-27(36)31-10-12-37-13-11-31/h17,21-24H,6-16,18H2,1-5H3,(H,29,33)(H,30,35)/t21-,22-,23+,24+/m0/s1. The summed E-state index contributed by atoms with van der Waals surface area (Å²) in [4.78, 5) is 53.8. The van der Waals surface area contributed by atoms with E-state index >= 15 is 0 Å². The molecule has 2 saturated heterocycles. The van der Waals surface area contributed by atoms with E-state index < -0.39 is 35.8 Å². The maximum atomic E-state index is 12.8. The first-order valence-corrected chi connectivity index (χ1v) is 14.5. The van der Waals surface area contributed by atoms with Crippen molar-refractivity contribution in [3.63, 3.8) is 0 Å². The lowest BCUT2D eigenvalue weighted by Crippen LogP contribution is -2.64. The number of esters is 1. The van der Waals surface area contributed by atoms with Crippen molar-refractivity contribution in [3.05, 3.63) is 11.6 Å². The Bertz CT molecular complexity index is 945. The number of piperidine rings is 1. The number of ether oxygens (including phenoxy) is 5. The van der Waals surface area contributed by atoms with Crippen molar-refractivity contribution in [1.82, 2.24) is 20.4 Å². The van der Waals surface area contributed by atoms with E-state index in [1.165, 1.54) is 6.92 Å². The highest BCUT2D eigenvalue weighted by molar-refractivity contribution is 5.89. The third kappa shape index (κ3) is 10.5. The topological polar surface area (TPSA) is 145 Å². The second-order valence-electron chi connectivity index (χ2n) is 11.4. The van der Waals surface area contributed by atoms with Gasteiger partial charge in [0.1, 0.15) is 12.2 Å². The highest BCUT2D eigenvalue weighted by Gasteiger charge is 2.41. The molecule has 3 rings (SSSR count). The SMILES string of the molecule is CCOC(=O)C1=C[C@@H](N2CCC[C@H](OCCOC(=O)N3CCOCC3)C2)[C@H](NC(C)=O)[C@@H](NC(=O)OC(C)(C)C)C1. The smallest absolute Gasteiger partial charge is 0.409 e. The van der Waals surface area contributed by atoms with Gasteiger partial charge in [0.15, 0.2) is 0 Å². The quantitative estimate of drug-likeness (QED) is 0.234. The molecule has 0 aromatic carbocycles. The van der Waals surface area contributed by atoms with E-state index in [0.717, 1.165) is 12.8 Å². The number of hydrogen-bond donors (Lipinski definition) is 2. The molecule has 1 aliphatic carbocycles. The van der Waals surface area contributed by atoms with Crippen molar-refractivity contribution in [3.8, 4) is 0 Å². The van der Waals surface area contributed by atoms with Gasteiger partial charge in [0, 0.05) is 38.6 Å². The van der Waals surface area contributed by atoms with Gasteiger partial charge in [0.2, 0.25) is 5.91 Å². The van der Waals surface area contributed by atoms with Crippen LogP contribution >= 0.6 is 0 Å². The number of nitrogens with zero attached hydrogens (tertiary/aromatic N) is 2. The van der Waals surface area contributed by atoms with Gasteiger partial charge in [-0.3, -0.25) is 9.69 Å². The number of nitrogens with one attached hydrogen (secondary N) is 2. The van der Waals surface area contributed by atoms with Crippen molar-refractivity contribution in [2.24, 2.45) is 0 Å². The zero-order chi connectivity index (χ0) is 30.0. The molecule has 0 saturated carbocycles. The summed E-state index contributed by atoms with van der Waals surface area (Å²) >= 11 is 0. The van der Waals surface area contributed by atoms with E-state index in [4.69, 9.17) is 23.7 Å². The Morgan fingerprint density at radius 2 is 1.78 bits per heavy atom. The average Bonchev–Trinajstić information content (AvgIpc) is 2.91. The Labute approximate surface area is 242 Å². The van der Waals surface area contributed by atoms with Crippen molar-refractivity contribution in [2.45, 2.75) is 83.7 Å². The third-order valence-corrected chi connectivity index (χ3v) is 6.99. The van der Waals surface area contributed by atoms with Crippen molar-refractivity contribution in [2.75, 3.05) is 59.2 Å². The molecule has 3 amide bonds. The molecule has 2 N–H and O–H groups in total. The Hall–Kier alpha value is -2.90. The summed E-state index contributed by atoms with van der Waals surface area (Å²) in [5, 5.41) is 5.87. The summed E-state index contributed by atoms with van der Waals surface area (Å²) in [6.45, 7) is 12.3. The second-order valence-corrected chi connectivity index (χ2v) is 11.4. The van der Waals surface area contributed by atoms with Crippen LogP contribution in [0.3, 0.4) is 0 Å². The highest BCUT2D eigenvalue weighted by atomic mass is 16.6. The summed E-state index contributed by atoms with van der Waals surface area (Å²) in [7, 11) is 0. The number of carbonyl (C=O) groups excluding carboxylic acids is 4. The minimum Gasteiger partial charge on any atom is -0.463 e. The molecule has 0 radical (unpaired) electrons. The maximum Gasteiger partial charge on any atom is 0.409 e. The van der Waals surface area contributed by atoms with Crippen LogP contribution in [-0.4, -0.2) is 123 Å². The fourth-order valence-corrected chi connectivity index (χ4v) is 5.26. The Morgan fingerprint density at radius 3 is 2.44 bits per heavy atom. The van der Waals surface area contributed by atoms with Gasteiger partial charge in [0.05, 0.1) is 50.7 Å². The van der Waals surface area contributed by atoms with Crippen LogP contribution in [0.4, 0.5) is 9.59 Å². The van der Waals surface area contributed by atoms with E-state index in [9.17, 15) is 19.2 Å². The van der Waals surface area contributed by atoms with Crippen LogP contribution in [0.5, 0.6) is 0 Å². The summed E-state index contributed by atoms with van der Waals surface area (Å²) in [6.07, 6.45) is 2.52. The summed E-state index contributed by atoms with van der Waals surface area (Å²) in [5.74, 6) is -0.711. The van der Waals surface area contributed by atoms with Crippen molar-refractivity contribution >= 4 is 24.1 Å².